The monoisotopic (exact) mass is 212 g/mol. The Morgan fingerprint density at radius 3 is 2.53 bits per heavy atom. The third kappa shape index (κ3) is 4.49. The fourth-order valence-electron chi connectivity index (χ4n) is 0.916. The van der Waals surface area contributed by atoms with E-state index in [-0.39, 0.29) is 17.2 Å². The lowest BCUT2D eigenvalue weighted by molar-refractivity contribution is -0.136. The minimum Gasteiger partial charge on any atom is -0.493 e. The van der Waals surface area contributed by atoms with Crippen LogP contribution in [0.5, 0.6) is 5.75 Å². The normalized spacial score (nSPS) is 16.2. The maximum Gasteiger partial charge on any atom is 0.307 e. The van der Waals surface area contributed by atoms with E-state index in [2.05, 4.69) is 0 Å². The summed E-state index contributed by atoms with van der Waals surface area (Å²) in [6.07, 6.45) is -2.48. The van der Waals surface area contributed by atoms with Gasteiger partial charge in [-0.15, -0.1) is 0 Å². The van der Waals surface area contributed by atoms with Gasteiger partial charge in [0.05, 0.1) is 15.7 Å². The third-order valence-electron chi connectivity index (χ3n) is 1.52. The van der Waals surface area contributed by atoms with Crippen molar-refractivity contribution in [1.82, 2.24) is 0 Å². The van der Waals surface area contributed by atoms with Crippen LogP contribution in [0.25, 0.3) is 0 Å². The van der Waals surface area contributed by atoms with Crippen molar-refractivity contribution in [3.8, 4) is 5.75 Å². The van der Waals surface area contributed by atoms with Gasteiger partial charge in [-0.05, 0) is 23.6 Å². The summed E-state index contributed by atoms with van der Waals surface area (Å²) in [6.45, 7) is 1.52. The van der Waals surface area contributed by atoms with Crippen molar-refractivity contribution in [3.63, 3.8) is 0 Å². The molecule has 1 aromatic rings. The van der Waals surface area contributed by atoms with E-state index in [1.165, 1.54) is 24.3 Å². The Labute approximate surface area is 95.3 Å². The Bertz CT molecular complexity index is 455. The minimum atomic E-state index is -2.48. The van der Waals surface area contributed by atoms with Crippen molar-refractivity contribution in [2.75, 3.05) is 6.56 Å². The molecule has 1 aromatic carbocycles. The topological polar surface area (TPSA) is 46.5 Å². The first kappa shape index (κ1) is 6.88. The van der Waals surface area contributed by atoms with Crippen LogP contribution in [0.3, 0.4) is 0 Å². The molecule has 0 atom stereocenters. The molecule has 0 aliphatic heterocycles. The molecule has 0 heterocycles. The molecule has 0 saturated carbocycles. The number of hydrogen-bond acceptors (Lipinski definition) is 2. The van der Waals surface area contributed by atoms with E-state index in [1.807, 2.05) is 0 Å². The minimum absolute atomic E-state index is 0.0162. The molecule has 82 valence electrons. The highest BCUT2D eigenvalue weighted by atomic mass is 16.5. The second kappa shape index (κ2) is 5.39. The van der Waals surface area contributed by atoms with E-state index in [0.29, 0.717) is 0 Å². The molecule has 0 aliphatic carbocycles. The largest absolute Gasteiger partial charge is 0.493 e. The Morgan fingerprint density at radius 1 is 1.47 bits per heavy atom. The van der Waals surface area contributed by atoms with Gasteiger partial charge in [0.1, 0.15) is 5.75 Å². The molecule has 0 aromatic heterocycles. The molecule has 0 radical (unpaired) electrons. The number of ether oxygens (including phenoxy) is 1. The van der Waals surface area contributed by atoms with Crippen LogP contribution in [0.2, 0.25) is 0 Å². The number of hydrogen-bond donors (Lipinski definition) is 1. The molecule has 0 fully saturated rings. The molecule has 0 amide bonds. The van der Waals surface area contributed by atoms with Gasteiger partial charge in [-0.25, -0.2) is 0 Å². The first-order chi connectivity index (χ1) is 8.57. The number of benzene rings is 1. The summed E-state index contributed by atoms with van der Waals surface area (Å²) in [4.78, 5) is 10.8. The Balaban J connectivity index is 2.92. The summed E-state index contributed by atoms with van der Waals surface area (Å²) in [6, 6.07) is 5.27. The number of carboxylic acid groups (broad SMARTS) is 1. The maximum atomic E-state index is 10.8. The molecule has 15 heavy (non-hydrogen) atoms. The number of carbonyl (C=O) groups is 1. The van der Waals surface area contributed by atoms with E-state index in [4.69, 9.17) is 15.3 Å². The summed E-state index contributed by atoms with van der Waals surface area (Å²) < 4.78 is 35.2. The molecule has 0 saturated heterocycles. The van der Waals surface area contributed by atoms with Gasteiger partial charge in [-0.2, -0.15) is 0 Å². The van der Waals surface area contributed by atoms with Crippen LogP contribution in [0.15, 0.2) is 24.3 Å². The SMILES string of the molecule is [2H]C([2H])(C(=O)O)c1ccc(OC([2H])([2H])C(C)C)cc1. The molecule has 1 rings (SSSR count). The van der Waals surface area contributed by atoms with Crippen LogP contribution < -0.4 is 4.74 Å². The molecule has 0 aliphatic rings. The molecular formula is C12H16O3. The summed E-state index contributed by atoms with van der Waals surface area (Å²) in [5, 5.41) is 8.76. The van der Waals surface area contributed by atoms with Crippen molar-refractivity contribution in [1.29, 1.82) is 0 Å². The highest BCUT2D eigenvalue weighted by Crippen LogP contribution is 2.13. The van der Waals surface area contributed by atoms with Gasteiger partial charge in [0.25, 0.3) is 0 Å². The summed E-state index contributed by atoms with van der Waals surface area (Å²) >= 11 is 0. The number of rotatable bonds is 5. The van der Waals surface area contributed by atoms with Crippen molar-refractivity contribution in [2.24, 2.45) is 5.92 Å². The Kier molecular flexibility index (Phi) is 2.47. The molecule has 0 spiro atoms. The van der Waals surface area contributed by atoms with Crippen LogP contribution in [0, 0.1) is 5.92 Å². The first-order valence-electron chi connectivity index (χ1n) is 6.60. The smallest absolute Gasteiger partial charge is 0.307 e. The van der Waals surface area contributed by atoms with E-state index < -0.39 is 18.9 Å². The van der Waals surface area contributed by atoms with Crippen molar-refractivity contribution >= 4 is 5.97 Å². The van der Waals surface area contributed by atoms with E-state index in [1.54, 1.807) is 13.8 Å². The Morgan fingerprint density at radius 2 is 2.07 bits per heavy atom. The van der Waals surface area contributed by atoms with Crippen LogP contribution in [-0.2, 0) is 11.2 Å². The second-order valence-corrected chi connectivity index (χ2v) is 3.33. The van der Waals surface area contributed by atoms with Crippen molar-refractivity contribution in [2.45, 2.75) is 20.2 Å². The highest BCUT2D eigenvalue weighted by molar-refractivity contribution is 5.70. The fraction of sp³-hybridized carbons (Fsp3) is 0.417. The fourth-order valence-corrected chi connectivity index (χ4v) is 0.916. The number of aliphatic carboxylic acids is 1. The van der Waals surface area contributed by atoms with Gasteiger partial charge in [-0.1, -0.05) is 26.0 Å². The van der Waals surface area contributed by atoms with E-state index in [0.717, 1.165) is 0 Å². The van der Waals surface area contributed by atoms with Crippen LogP contribution in [0.4, 0.5) is 0 Å². The lowest BCUT2D eigenvalue weighted by Crippen LogP contribution is -2.04. The molecule has 0 unspecified atom stereocenters. The van der Waals surface area contributed by atoms with Gasteiger partial charge in [0, 0.05) is 2.74 Å². The van der Waals surface area contributed by atoms with Crippen LogP contribution in [0.1, 0.15) is 24.9 Å². The van der Waals surface area contributed by atoms with Crippen molar-refractivity contribution < 1.29 is 20.1 Å². The molecule has 0 bridgehead atoms. The first-order valence-corrected chi connectivity index (χ1v) is 4.60. The van der Waals surface area contributed by atoms with Crippen molar-refractivity contribution in [3.05, 3.63) is 29.8 Å². The Hall–Kier alpha value is -1.51. The zero-order valence-corrected chi connectivity index (χ0v) is 8.65. The quantitative estimate of drug-likeness (QED) is 0.815. The maximum absolute atomic E-state index is 10.8. The highest BCUT2D eigenvalue weighted by Gasteiger charge is 2.01. The zero-order valence-electron chi connectivity index (χ0n) is 12.7. The molecule has 3 heteroatoms. The van der Waals surface area contributed by atoms with E-state index >= 15 is 0 Å². The zero-order chi connectivity index (χ0) is 14.8. The second-order valence-electron chi connectivity index (χ2n) is 3.33. The van der Waals surface area contributed by atoms with Gasteiger partial charge in [-0.3, -0.25) is 4.79 Å². The molecule has 3 nitrogen and oxygen atoms in total. The predicted molar refractivity (Wildman–Crippen MR) is 58.1 cm³/mol. The standard InChI is InChI=1S/C12H16O3/c1-9(2)8-15-11-5-3-10(4-6-11)7-12(13)14/h3-6,9H,7-8H2,1-2H3,(H,13,14)/i7D2,8D2. The molecule has 1 N–H and O–H groups in total. The van der Waals surface area contributed by atoms with Gasteiger partial charge in [0.2, 0.25) is 0 Å². The summed E-state index contributed by atoms with van der Waals surface area (Å²) in [5.74, 6) is -1.69. The summed E-state index contributed by atoms with van der Waals surface area (Å²) in [5.41, 5.74) is -0.0162. The van der Waals surface area contributed by atoms with Crippen LogP contribution in [-0.4, -0.2) is 17.6 Å². The lowest BCUT2D eigenvalue weighted by atomic mass is 10.1. The average molecular weight is 212 g/mol. The van der Waals surface area contributed by atoms with Crippen LogP contribution >= 0.6 is 0 Å². The van der Waals surface area contributed by atoms with Gasteiger partial charge < -0.3 is 9.84 Å². The van der Waals surface area contributed by atoms with E-state index in [9.17, 15) is 4.79 Å². The van der Waals surface area contributed by atoms with Gasteiger partial charge in [0.15, 0.2) is 0 Å². The molecular weight excluding hydrogens is 192 g/mol. The van der Waals surface area contributed by atoms with Gasteiger partial charge >= 0.3 is 5.97 Å². The average Bonchev–Trinajstić information content (AvgIpc) is 2.28. The number of carboxylic acids is 1. The third-order valence-corrected chi connectivity index (χ3v) is 1.52. The summed E-state index contributed by atoms with van der Waals surface area (Å²) in [7, 11) is 0. The lowest BCUT2D eigenvalue weighted by Gasteiger charge is -2.08. The predicted octanol–water partition coefficient (Wildman–Crippen LogP) is 2.35.